The predicted molar refractivity (Wildman–Crippen MR) is 133 cm³/mol. The molecule has 0 radical (unpaired) electrons. The van der Waals surface area contributed by atoms with E-state index in [1.807, 2.05) is 24.3 Å². The lowest BCUT2D eigenvalue weighted by Gasteiger charge is -2.27. The molecule has 0 unspecified atom stereocenters. The highest BCUT2D eigenvalue weighted by Crippen LogP contribution is 2.55. The Bertz CT molecular complexity index is 952. The third kappa shape index (κ3) is 4.81. The van der Waals surface area contributed by atoms with Gasteiger partial charge in [0.2, 0.25) is 0 Å². The fourth-order valence-electron chi connectivity index (χ4n) is 4.05. The summed E-state index contributed by atoms with van der Waals surface area (Å²) in [6, 6.07) is 40.8. The summed E-state index contributed by atoms with van der Waals surface area (Å²) in [5, 5.41) is 4.24. The largest absolute Gasteiger partial charge is 0.497 e. The molecule has 0 bridgehead atoms. The first kappa shape index (κ1) is 21.2. The maximum atomic E-state index is 6.07. The first-order valence-corrected chi connectivity index (χ1v) is 12.6. The molecule has 0 fully saturated rings. The molecule has 4 rings (SSSR count). The Labute approximate surface area is 185 Å². The van der Waals surface area contributed by atoms with Crippen LogP contribution < -0.4 is 25.4 Å². The van der Waals surface area contributed by atoms with Crippen LogP contribution in [0.15, 0.2) is 115 Å². The second kappa shape index (κ2) is 10.3. The number of methoxy groups -OCH3 is 1. The van der Waals surface area contributed by atoms with Crippen LogP contribution in [0.2, 0.25) is 0 Å². The van der Waals surface area contributed by atoms with Gasteiger partial charge in [-0.1, -0.05) is 54.6 Å². The molecule has 0 aliphatic carbocycles. The molecule has 0 aliphatic heterocycles. The Kier molecular flexibility index (Phi) is 7.02. The van der Waals surface area contributed by atoms with E-state index in [1.165, 1.54) is 15.9 Å². The summed E-state index contributed by atoms with van der Waals surface area (Å²) in [5.74, 6) is 1.72. The summed E-state index contributed by atoms with van der Waals surface area (Å²) in [4.78, 5) is 0. The zero-order valence-corrected chi connectivity index (χ0v) is 18.7. The molecule has 4 aromatic carbocycles. The van der Waals surface area contributed by atoms with E-state index in [4.69, 9.17) is 9.47 Å². The Morgan fingerprint density at radius 3 is 1.39 bits per heavy atom. The summed E-state index contributed by atoms with van der Waals surface area (Å²) < 4.78 is 11.3. The summed E-state index contributed by atoms with van der Waals surface area (Å²) in [7, 11) is -0.111. The molecule has 0 aliphatic rings. The molecule has 0 heterocycles. The molecule has 3 heteroatoms. The maximum absolute atomic E-state index is 6.07. The van der Waals surface area contributed by atoms with Gasteiger partial charge in [0.25, 0.3) is 0 Å². The van der Waals surface area contributed by atoms with Gasteiger partial charge in [0.15, 0.2) is 0 Å². The van der Waals surface area contributed by atoms with E-state index in [2.05, 4.69) is 91.0 Å². The smallest absolute Gasteiger partial charge is 0.119 e. The van der Waals surface area contributed by atoms with Gasteiger partial charge < -0.3 is 9.47 Å². The molecule has 0 amide bonds. The van der Waals surface area contributed by atoms with Crippen molar-refractivity contribution in [3.8, 4) is 11.5 Å². The van der Waals surface area contributed by atoms with Gasteiger partial charge in [-0.15, -0.1) is 0 Å². The molecule has 156 valence electrons. The minimum Gasteiger partial charge on any atom is -0.497 e. The fraction of sp³-hybridized carbons (Fsp3) is 0.143. The second-order valence-corrected chi connectivity index (χ2v) is 11.0. The molecule has 2 nitrogen and oxygen atoms in total. The average Bonchev–Trinajstić information content (AvgIpc) is 2.86. The van der Waals surface area contributed by atoms with Crippen LogP contribution in [0.3, 0.4) is 0 Å². The minimum absolute atomic E-state index is 0.681. The summed E-state index contributed by atoms with van der Waals surface area (Å²) in [6.45, 7) is 0.681. The van der Waals surface area contributed by atoms with Crippen molar-refractivity contribution in [2.75, 3.05) is 19.9 Å². The number of hydrogen-bond donors (Lipinski definition) is 0. The first-order chi connectivity index (χ1) is 15.3. The average molecular weight is 428 g/mol. The van der Waals surface area contributed by atoms with E-state index in [-0.39, 0.29) is 0 Å². The number of hydrogen-bond acceptors (Lipinski definition) is 2. The van der Waals surface area contributed by atoms with Gasteiger partial charge in [-0.2, -0.15) is 0 Å². The van der Waals surface area contributed by atoms with Crippen LogP contribution in [0, 0.1) is 0 Å². The van der Waals surface area contributed by atoms with Crippen molar-refractivity contribution in [1.29, 1.82) is 0 Å². The van der Waals surface area contributed by atoms with Crippen molar-refractivity contribution in [2.24, 2.45) is 0 Å². The third-order valence-electron chi connectivity index (χ3n) is 5.56. The van der Waals surface area contributed by atoms with Crippen LogP contribution in [-0.4, -0.2) is 19.9 Å². The Morgan fingerprint density at radius 2 is 0.968 bits per heavy atom. The van der Waals surface area contributed by atoms with Crippen LogP contribution in [-0.2, 0) is 0 Å². The Morgan fingerprint density at radius 1 is 0.548 bits per heavy atom. The van der Waals surface area contributed by atoms with Gasteiger partial charge >= 0.3 is 0 Å². The van der Waals surface area contributed by atoms with Gasteiger partial charge in [0.1, 0.15) is 34.7 Å². The van der Waals surface area contributed by atoms with Crippen molar-refractivity contribution in [3.05, 3.63) is 115 Å². The van der Waals surface area contributed by atoms with Crippen molar-refractivity contribution in [1.82, 2.24) is 0 Å². The van der Waals surface area contributed by atoms with Crippen molar-refractivity contribution in [3.63, 3.8) is 0 Å². The quantitative estimate of drug-likeness (QED) is 0.261. The van der Waals surface area contributed by atoms with E-state index in [0.717, 1.165) is 24.1 Å². The fourth-order valence-corrected chi connectivity index (χ4v) is 8.36. The normalized spacial score (nSPS) is 11.1. The monoisotopic (exact) mass is 427 g/mol. The van der Waals surface area contributed by atoms with Gasteiger partial charge in [0.05, 0.1) is 19.9 Å². The molecule has 0 spiro atoms. The molecule has 0 atom stereocenters. The van der Waals surface area contributed by atoms with Crippen molar-refractivity contribution < 1.29 is 9.47 Å². The molecular formula is C28H28O2P+. The minimum atomic E-state index is -1.79. The van der Waals surface area contributed by atoms with Crippen LogP contribution in [0.4, 0.5) is 0 Å². The van der Waals surface area contributed by atoms with Gasteiger partial charge in [-0.05, 0) is 60.7 Å². The number of benzene rings is 4. The lowest BCUT2D eigenvalue weighted by atomic mass is 10.3. The van der Waals surface area contributed by atoms with Crippen LogP contribution >= 0.6 is 7.26 Å². The molecule has 31 heavy (non-hydrogen) atoms. The standard InChI is InChI=1S/C28H28O2P/c1-29-24-18-20-25(21-19-24)30-22-11-23-31(26-12-5-2-6-13-26,27-14-7-3-8-15-27)28-16-9-4-10-17-28/h2-10,12-21H,11,22-23H2,1H3/q+1. The van der Waals surface area contributed by atoms with E-state index in [1.54, 1.807) is 7.11 Å². The predicted octanol–water partition coefficient (Wildman–Crippen LogP) is 5.46. The molecule has 0 saturated carbocycles. The number of rotatable bonds is 9. The molecule has 4 aromatic rings. The van der Waals surface area contributed by atoms with E-state index >= 15 is 0 Å². The van der Waals surface area contributed by atoms with E-state index in [0.29, 0.717) is 6.61 Å². The van der Waals surface area contributed by atoms with Crippen molar-refractivity contribution >= 4 is 23.2 Å². The maximum Gasteiger partial charge on any atom is 0.119 e. The zero-order valence-electron chi connectivity index (χ0n) is 17.9. The molecule has 0 saturated heterocycles. The lowest BCUT2D eigenvalue weighted by molar-refractivity contribution is 0.317. The third-order valence-corrected chi connectivity index (χ3v) is 10.1. The topological polar surface area (TPSA) is 18.5 Å². The highest BCUT2D eigenvalue weighted by molar-refractivity contribution is 7.95. The van der Waals surface area contributed by atoms with Crippen molar-refractivity contribution in [2.45, 2.75) is 6.42 Å². The van der Waals surface area contributed by atoms with Gasteiger partial charge in [-0.3, -0.25) is 0 Å². The van der Waals surface area contributed by atoms with Gasteiger partial charge in [0, 0.05) is 6.42 Å². The first-order valence-electron chi connectivity index (χ1n) is 10.6. The van der Waals surface area contributed by atoms with Crippen LogP contribution in [0.25, 0.3) is 0 Å². The second-order valence-electron chi connectivity index (χ2n) is 7.42. The summed E-state index contributed by atoms with van der Waals surface area (Å²) in [5.41, 5.74) is 0. The molecule has 0 aromatic heterocycles. The molecule has 0 N–H and O–H groups in total. The lowest BCUT2D eigenvalue weighted by Crippen LogP contribution is -2.33. The van der Waals surface area contributed by atoms with E-state index < -0.39 is 7.26 Å². The summed E-state index contributed by atoms with van der Waals surface area (Å²) >= 11 is 0. The Balaban J connectivity index is 1.63. The highest BCUT2D eigenvalue weighted by Gasteiger charge is 2.44. The Hall–Kier alpha value is -3.09. The van der Waals surface area contributed by atoms with Gasteiger partial charge in [-0.25, -0.2) is 0 Å². The SMILES string of the molecule is COc1ccc(OCCC[P+](c2ccccc2)(c2ccccc2)c2ccccc2)cc1. The zero-order chi connectivity index (χ0) is 21.4. The summed E-state index contributed by atoms with van der Waals surface area (Å²) in [6.07, 6.45) is 2.03. The highest BCUT2D eigenvalue weighted by atomic mass is 31.2. The number of ether oxygens (including phenoxy) is 2. The van der Waals surface area contributed by atoms with E-state index in [9.17, 15) is 0 Å². The van der Waals surface area contributed by atoms with Crippen LogP contribution in [0.5, 0.6) is 11.5 Å². The van der Waals surface area contributed by atoms with Crippen LogP contribution in [0.1, 0.15) is 6.42 Å². The molecular weight excluding hydrogens is 399 g/mol.